The molecule has 6 rings (SSSR count). The number of aromatic nitrogens is 4. The Hall–Kier alpha value is -4.26. The molecular weight excluding hydrogens is 594 g/mol. The van der Waals surface area contributed by atoms with Gasteiger partial charge in [0.15, 0.2) is 0 Å². The fourth-order valence-corrected chi connectivity index (χ4v) is 6.46. The predicted molar refractivity (Wildman–Crippen MR) is 159 cm³/mol. The SMILES string of the molecule is CC1(C)CC2CCC(c3cccc(C(F)(F)F)n3)Nc3cccc(n3)SNC(=O)c3ccc(-c4cccc(F)n4)nc3N1C2. The molecule has 8 nitrogen and oxygen atoms in total. The molecule has 2 N–H and O–H groups in total. The van der Waals surface area contributed by atoms with Gasteiger partial charge in [0.25, 0.3) is 5.91 Å². The fraction of sp³-hybridized carbons (Fsp3) is 0.323. The van der Waals surface area contributed by atoms with Crippen molar-refractivity contribution in [3.63, 3.8) is 0 Å². The molecule has 1 fully saturated rings. The maximum atomic E-state index is 14.0. The predicted octanol–water partition coefficient (Wildman–Crippen LogP) is 7.08. The minimum atomic E-state index is -4.57. The van der Waals surface area contributed by atoms with Crippen LogP contribution in [0.2, 0.25) is 0 Å². The van der Waals surface area contributed by atoms with E-state index in [9.17, 15) is 22.4 Å². The van der Waals surface area contributed by atoms with Crippen molar-refractivity contribution in [1.82, 2.24) is 24.7 Å². The number of nitrogens with one attached hydrogen (secondary N) is 2. The van der Waals surface area contributed by atoms with Crippen LogP contribution in [0.4, 0.5) is 29.2 Å². The summed E-state index contributed by atoms with van der Waals surface area (Å²) < 4.78 is 57.4. The topological polar surface area (TPSA) is 95.9 Å². The van der Waals surface area contributed by atoms with E-state index in [1.165, 1.54) is 12.1 Å². The number of alkyl halides is 3. The van der Waals surface area contributed by atoms with E-state index in [4.69, 9.17) is 4.98 Å². The molecule has 0 aliphatic carbocycles. The van der Waals surface area contributed by atoms with Crippen molar-refractivity contribution in [3.8, 4) is 11.4 Å². The van der Waals surface area contributed by atoms with Gasteiger partial charge in [0.05, 0.1) is 28.7 Å². The van der Waals surface area contributed by atoms with Gasteiger partial charge in [-0.25, -0.2) is 19.9 Å². The fourth-order valence-electron chi connectivity index (χ4n) is 5.86. The maximum Gasteiger partial charge on any atom is 0.433 e. The number of pyridine rings is 4. The van der Waals surface area contributed by atoms with Crippen LogP contribution in [-0.4, -0.2) is 37.9 Å². The Morgan fingerprint density at radius 3 is 2.48 bits per heavy atom. The number of carbonyl (C=O) groups excluding carboxylic acids is 1. The second-order valence-corrected chi connectivity index (χ2v) is 12.3. The molecule has 0 radical (unpaired) electrons. The van der Waals surface area contributed by atoms with Crippen LogP contribution in [0.5, 0.6) is 0 Å². The highest BCUT2D eigenvalue weighted by atomic mass is 32.2. The Kier molecular flexibility index (Phi) is 7.91. The van der Waals surface area contributed by atoms with Crippen molar-refractivity contribution < 1.29 is 22.4 Å². The summed E-state index contributed by atoms with van der Waals surface area (Å²) in [5.41, 5.74) is 0.0266. The van der Waals surface area contributed by atoms with Gasteiger partial charge in [0, 0.05) is 24.0 Å². The summed E-state index contributed by atoms with van der Waals surface area (Å²) in [5.74, 6) is 0.0180. The van der Waals surface area contributed by atoms with Crippen LogP contribution < -0.4 is 14.9 Å². The first kappa shape index (κ1) is 29.8. The normalized spacial score (nSPS) is 20.1. The highest BCUT2D eigenvalue weighted by Crippen LogP contribution is 2.41. The standard InChI is InChI=1S/C31H29F4N7OS/c1-30(2)16-18-12-14-22(20-6-3-8-24(36-20)31(33,34)35)38-26-10-5-11-27(40-26)44-41-29(43)19-13-15-23(39-28(19)42(30)17-18)21-7-4-9-25(32)37-21/h3-11,13,15,18,22H,12,14,16-17H2,1-2H3,(H,38,40)(H,41,43). The first-order valence-corrected chi connectivity index (χ1v) is 14.9. The smallest absolute Gasteiger partial charge is 0.362 e. The molecule has 2 atom stereocenters. The summed E-state index contributed by atoms with van der Waals surface area (Å²) in [6.07, 6.45) is -2.66. The molecule has 0 saturated carbocycles. The van der Waals surface area contributed by atoms with E-state index in [2.05, 4.69) is 43.7 Å². The molecule has 4 aromatic heterocycles. The summed E-state index contributed by atoms with van der Waals surface area (Å²) >= 11 is 1.01. The molecule has 6 heterocycles. The molecule has 13 heteroatoms. The van der Waals surface area contributed by atoms with Crippen LogP contribution in [0.3, 0.4) is 0 Å². The van der Waals surface area contributed by atoms with Crippen molar-refractivity contribution in [3.05, 3.63) is 89.6 Å². The second-order valence-electron chi connectivity index (χ2n) is 11.5. The molecule has 1 saturated heterocycles. The summed E-state index contributed by atoms with van der Waals surface area (Å²) in [7, 11) is 0. The summed E-state index contributed by atoms with van der Waals surface area (Å²) in [4.78, 5) is 33.0. The zero-order valence-corrected chi connectivity index (χ0v) is 24.7. The minimum absolute atomic E-state index is 0.132. The second kappa shape index (κ2) is 11.7. The van der Waals surface area contributed by atoms with Crippen molar-refractivity contribution in [2.45, 2.75) is 55.9 Å². The molecule has 2 aliphatic heterocycles. The van der Waals surface area contributed by atoms with Crippen LogP contribution in [-0.2, 0) is 6.18 Å². The third-order valence-corrected chi connectivity index (χ3v) is 8.61. The number of rotatable bonds is 2. The zero-order valence-electron chi connectivity index (χ0n) is 23.9. The largest absolute Gasteiger partial charge is 0.433 e. The van der Waals surface area contributed by atoms with Crippen molar-refractivity contribution in [2.24, 2.45) is 5.92 Å². The number of carbonyl (C=O) groups is 1. The van der Waals surface area contributed by atoms with E-state index in [1.807, 2.05) is 0 Å². The monoisotopic (exact) mass is 623 g/mol. The van der Waals surface area contributed by atoms with Crippen molar-refractivity contribution in [1.29, 1.82) is 0 Å². The average Bonchev–Trinajstić information content (AvgIpc) is 3.30. The lowest BCUT2D eigenvalue weighted by Gasteiger charge is -2.34. The van der Waals surface area contributed by atoms with E-state index < -0.39 is 29.4 Å². The summed E-state index contributed by atoms with van der Waals surface area (Å²) in [6, 6.07) is 16.4. The summed E-state index contributed by atoms with van der Waals surface area (Å²) in [6.45, 7) is 4.70. The number of nitrogens with zero attached hydrogens (tertiary/aromatic N) is 5. The van der Waals surface area contributed by atoms with E-state index in [0.29, 0.717) is 53.0 Å². The third-order valence-electron chi connectivity index (χ3n) is 7.89. The van der Waals surface area contributed by atoms with Gasteiger partial charge in [-0.2, -0.15) is 17.6 Å². The van der Waals surface area contributed by atoms with Crippen LogP contribution in [0.15, 0.2) is 71.8 Å². The van der Waals surface area contributed by atoms with Gasteiger partial charge in [-0.15, -0.1) is 0 Å². The molecule has 0 aromatic carbocycles. The molecule has 4 bridgehead atoms. The quantitative estimate of drug-likeness (QED) is 0.139. The van der Waals surface area contributed by atoms with Crippen LogP contribution >= 0.6 is 11.9 Å². The Bertz CT molecular complexity index is 1700. The van der Waals surface area contributed by atoms with Crippen LogP contribution in [0, 0.1) is 11.9 Å². The summed E-state index contributed by atoms with van der Waals surface area (Å²) in [5, 5.41) is 3.77. The Morgan fingerprint density at radius 2 is 1.68 bits per heavy atom. The van der Waals surface area contributed by atoms with E-state index in [0.717, 1.165) is 24.4 Å². The molecule has 2 unspecified atom stereocenters. The molecular formula is C31H29F4N7OS. The lowest BCUT2D eigenvalue weighted by Crippen LogP contribution is -2.40. The maximum absolute atomic E-state index is 14.0. The van der Waals surface area contributed by atoms with Crippen molar-refractivity contribution in [2.75, 3.05) is 16.8 Å². The number of halogens is 4. The van der Waals surface area contributed by atoms with E-state index in [-0.39, 0.29) is 17.5 Å². The number of hydrogen-bond acceptors (Lipinski definition) is 8. The molecule has 1 amide bonds. The Morgan fingerprint density at radius 1 is 0.909 bits per heavy atom. The van der Waals surface area contributed by atoms with Crippen LogP contribution in [0.25, 0.3) is 11.4 Å². The third kappa shape index (κ3) is 6.33. The van der Waals surface area contributed by atoms with Gasteiger partial charge in [0.1, 0.15) is 22.4 Å². The van der Waals surface area contributed by atoms with Gasteiger partial charge in [-0.1, -0.05) is 18.2 Å². The van der Waals surface area contributed by atoms with E-state index >= 15 is 0 Å². The number of amides is 1. The minimum Gasteiger partial charge on any atom is -0.362 e. The first-order valence-electron chi connectivity index (χ1n) is 14.1. The average molecular weight is 624 g/mol. The Balaban J connectivity index is 1.40. The van der Waals surface area contributed by atoms with E-state index in [1.54, 1.807) is 48.5 Å². The van der Waals surface area contributed by atoms with Crippen molar-refractivity contribution >= 4 is 29.5 Å². The number of fused-ring (bicyclic) bond motifs is 6. The number of hydrogen-bond donors (Lipinski definition) is 2. The van der Waals surface area contributed by atoms with Gasteiger partial charge in [0.2, 0.25) is 5.95 Å². The molecule has 2 aliphatic rings. The molecule has 4 aromatic rings. The molecule has 228 valence electrons. The van der Waals surface area contributed by atoms with Gasteiger partial charge < -0.3 is 10.2 Å². The van der Waals surface area contributed by atoms with Crippen LogP contribution in [0.1, 0.15) is 60.9 Å². The zero-order chi connectivity index (χ0) is 31.1. The van der Waals surface area contributed by atoms with Gasteiger partial charge >= 0.3 is 6.18 Å². The molecule has 0 spiro atoms. The number of anilines is 2. The van der Waals surface area contributed by atoms with Gasteiger partial charge in [-0.3, -0.25) is 9.52 Å². The lowest BCUT2D eigenvalue weighted by atomic mass is 9.91. The highest BCUT2D eigenvalue weighted by molar-refractivity contribution is 7.97. The van der Waals surface area contributed by atoms with Gasteiger partial charge in [-0.05, 0) is 87.6 Å². The lowest BCUT2D eigenvalue weighted by molar-refractivity contribution is -0.141. The molecule has 44 heavy (non-hydrogen) atoms. The Labute approximate surface area is 255 Å². The first-order chi connectivity index (χ1) is 21.0. The highest BCUT2D eigenvalue weighted by Gasteiger charge is 2.41.